The first-order chi connectivity index (χ1) is 13.9. The number of aromatic nitrogens is 1. The number of thiazole rings is 1. The molecule has 0 unspecified atom stereocenters. The molecule has 0 N–H and O–H groups in total. The zero-order chi connectivity index (χ0) is 21.0. The maximum Gasteiger partial charge on any atom is 0.325 e. The molecule has 0 radical (unpaired) electrons. The van der Waals surface area contributed by atoms with Crippen molar-refractivity contribution < 1.29 is 14.3 Å². The second-order valence-electron chi connectivity index (χ2n) is 6.49. The van der Waals surface area contributed by atoms with Crippen LogP contribution < -0.4 is 4.80 Å². The highest BCUT2D eigenvalue weighted by Crippen LogP contribution is 2.25. The van der Waals surface area contributed by atoms with Gasteiger partial charge in [0.15, 0.2) is 4.80 Å². The molecule has 1 amide bonds. The van der Waals surface area contributed by atoms with Crippen LogP contribution in [-0.4, -0.2) is 35.1 Å². The average molecular weight is 447 g/mol. The maximum atomic E-state index is 12.8. The van der Waals surface area contributed by atoms with Gasteiger partial charge in [-0.15, -0.1) is 23.5 Å². The van der Waals surface area contributed by atoms with Crippen LogP contribution in [0, 0.1) is 0 Å². The second-order valence-corrected chi connectivity index (χ2v) is 10.0. The Morgan fingerprint density at radius 2 is 1.83 bits per heavy atom. The fourth-order valence-corrected chi connectivity index (χ4v) is 5.13. The van der Waals surface area contributed by atoms with Crippen LogP contribution in [0.3, 0.4) is 0 Å². The van der Waals surface area contributed by atoms with Gasteiger partial charge in [-0.2, -0.15) is 4.99 Å². The summed E-state index contributed by atoms with van der Waals surface area (Å²) in [5.74, 6) is -0.719. The first-order valence-electron chi connectivity index (χ1n) is 9.01. The second kappa shape index (κ2) is 9.65. The van der Waals surface area contributed by atoms with Crippen LogP contribution in [0.1, 0.15) is 24.2 Å². The number of carbonyl (C=O) groups excluding carboxylic acids is 2. The first-order valence-corrected chi connectivity index (χ1v) is 11.9. The summed E-state index contributed by atoms with van der Waals surface area (Å²) in [6.45, 7) is 4.26. The molecule has 1 aromatic heterocycles. The lowest BCUT2D eigenvalue weighted by molar-refractivity contribution is -0.141. The van der Waals surface area contributed by atoms with E-state index in [0.717, 1.165) is 20.0 Å². The molecule has 0 atom stereocenters. The van der Waals surface area contributed by atoms with Crippen molar-refractivity contribution >= 4 is 57.0 Å². The Kier molecular flexibility index (Phi) is 7.21. The highest BCUT2D eigenvalue weighted by molar-refractivity contribution is 8.00. The summed E-state index contributed by atoms with van der Waals surface area (Å²) in [5.41, 5.74) is 1.37. The van der Waals surface area contributed by atoms with Gasteiger partial charge >= 0.3 is 5.97 Å². The van der Waals surface area contributed by atoms with Crippen LogP contribution in [0.2, 0.25) is 0 Å². The fraction of sp³-hybridized carbons (Fsp3) is 0.286. The molecule has 0 saturated heterocycles. The van der Waals surface area contributed by atoms with E-state index in [0.29, 0.717) is 15.6 Å². The van der Waals surface area contributed by atoms with Gasteiger partial charge in [-0.05, 0) is 48.7 Å². The molecular formula is C21H22N2O3S3. The SMILES string of the molecule is COC(=O)Cn1c(=NC(=O)c2ccc(SC(C)C)cc2)sc2cc(SC)ccc21. The quantitative estimate of drug-likeness (QED) is 0.401. The van der Waals surface area contributed by atoms with Gasteiger partial charge in [-0.3, -0.25) is 9.59 Å². The van der Waals surface area contributed by atoms with Crippen molar-refractivity contribution in [3.8, 4) is 0 Å². The minimum absolute atomic E-state index is 0.00515. The molecule has 0 spiro atoms. The van der Waals surface area contributed by atoms with E-state index in [9.17, 15) is 9.59 Å². The molecule has 1 heterocycles. The van der Waals surface area contributed by atoms with E-state index in [1.807, 2.05) is 36.6 Å². The lowest BCUT2D eigenvalue weighted by atomic mass is 10.2. The Labute approximate surface area is 182 Å². The van der Waals surface area contributed by atoms with Crippen molar-refractivity contribution in [1.29, 1.82) is 0 Å². The Hall–Kier alpha value is -2.03. The number of rotatable bonds is 6. The average Bonchev–Trinajstić information content (AvgIpc) is 3.03. The Balaban J connectivity index is 2.02. The number of amides is 1. The van der Waals surface area contributed by atoms with E-state index in [2.05, 4.69) is 18.8 Å². The number of carbonyl (C=O) groups is 2. The molecule has 0 saturated carbocycles. The van der Waals surface area contributed by atoms with Crippen LogP contribution in [0.25, 0.3) is 10.2 Å². The zero-order valence-corrected chi connectivity index (χ0v) is 19.1. The van der Waals surface area contributed by atoms with E-state index in [1.54, 1.807) is 40.2 Å². The third kappa shape index (κ3) is 5.32. The smallest absolute Gasteiger partial charge is 0.325 e. The Bertz CT molecular complexity index is 1100. The lowest BCUT2D eigenvalue weighted by Crippen LogP contribution is -2.22. The summed E-state index contributed by atoms with van der Waals surface area (Å²) in [4.78, 5) is 31.7. The van der Waals surface area contributed by atoms with Crippen molar-refractivity contribution in [3.05, 3.63) is 52.8 Å². The standard InChI is InChI=1S/C21H22N2O3S3/c1-13(2)28-15-7-5-14(6-8-15)20(25)22-21-23(12-19(24)26-3)17-10-9-16(27-4)11-18(17)29-21/h5-11,13H,12H2,1-4H3. The summed E-state index contributed by atoms with van der Waals surface area (Å²) in [5, 5.41) is 0.475. The summed E-state index contributed by atoms with van der Waals surface area (Å²) >= 11 is 4.77. The van der Waals surface area contributed by atoms with Crippen molar-refractivity contribution in [2.45, 2.75) is 35.4 Å². The molecule has 0 aliphatic heterocycles. The van der Waals surface area contributed by atoms with Gasteiger partial charge in [0.25, 0.3) is 5.91 Å². The van der Waals surface area contributed by atoms with Gasteiger partial charge < -0.3 is 9.30 Å². The highest BCUT2D eigenvalue weighted by Gasteiger charge is 2.13. The number of fused-ring (bicyclic) bond motifs is 1. The van der Waals surface area contributed by atoms with E-state index in [-0.39, 0.29) is 18.4 Å². The van der Waals surface area contributed by atoms with Crippen molar-refractivity contribution in [1.82, 2.24) is 4.57 Å². The summed E-state index contributed by atoms with van der Waals surface area (Å²) < 4.78 is 7.52. The first kappa shape index (κ1) is 21.7. The molecule has 0 fully saturated rings. The number of nitrogens with zero attached hydrogens (tertiary/aromatic N) is 2. The van der Waals surface area contributed by atoms with Gasteiger partial charge in [0.1, 0.15) is 6.54 Å². The monoisotopic (exact) mass is 446 g/mol. The van der Waals surface area contributed by atoms with E-state index in [1.165, 1.54) is 18.4 Å². The third-order valence-corrected chi connectivity index (χ3v) is 6.86. The number of esters is 1. The highest BCUT2D eigenvalue weighted by atomic mass is 32.2. The number of hydrogen-bond acceptors (Lipinski definition) is 6. The van der Waals surface area contributed by atoms with Crippen molar-refractivity contribution in [3.63, 3.8) is 0 Å². The van der Waals surface area contributed by atoms with Crippen LogP contribution >= 0.6 is 34.9 Å². The number of ether oxygens (including phenoxy) is 1. The Morgan fingerprint density at radius 1 is 1.14 bits per heavy atom. The number of benzene rings is 2. The zero-order valence-electron chi connectivity index (χ0n) is 16.7. The minimum Gasteiger partial charge on any atom is -0.468 e. The molecule has 0 bridgehead atoms. The molecule has 0 aliphatic carbocycles. The number of methoxy groups -OCH3 is 1. The van der Waals surface area contributed by atoms with Crippen molar-refractivity contribution in [2.75, 3.05) is 13.4 Å². The normalized spacial score (nSPS) is 12.0. The van der Waals surface area contributed by atoms with Crippen LogP contribution in [-0.2, 0) is 16.1 Å². The minimum atomic E-state index is -0.386. The molecular weight excluding hydrogens is 424 g/mol. The van der Waals surface area contributed by atoms with E-state index in [4.69, 9.17) is 4.74 Å². The van der Waals surface area contributed by atoms with E-state index >= 15 is 0 Å². The van der Waals surface area contributed by atoms with Gasteiger partial charge in [0.2, 0.25) is 0 Å². The van der Waals surface area contributed by atoms with Gasteiger partial charge in [-0.1, -0.05) is 25.2 Å². The molecule has 8 heteroatoms. The maximum absolute atomic E-state index is 12.8. The third-order valence-electron chi connectivity index (χ3n) is 4.08. The molecule has 3 aromatic rings. The number of thioether (sulfide) groups is 2. The number of hydrogen-bond donors (Lipinski definition) is 0. The van der Waals surface area contributed by atoms with Gasteiger partial charge in [0.05, 0.1) is 17.3 Å². The largest absolute Gasteiger partial charge is 0.468 e. The van der Waals surface area contributed by atoms with Gasteiger partial charge in [0, 0.05) is 20.6 Å². The topological polar surface area (TPSA) is 60.7 Å². The lowest BCUT2D eigenvalue weighted by Gasteiger charge is -2.05. The van der Waals surface area contributed by atoms with Crippen LogP contribution in [0.4, 0.5) is 0 Å². The molecule has 0 aliphatic rings. The molecule has 29 heavy (non-hydrogen) atoms. The van der Waals surface area contributed by atoms with Gasteiger partial charge in [-0.25, -0.2) is 0 Å². The Morgan fingerprint density at radius 3 is 2.45 bits per heavy atom. The van der Waals surface area contributed by atoms with Crippen LogP contribution in [0.5, 0.6) is 0 Å². The summed E-state index contributed by atoms with van der Waals surface area (Å²) in [7, 11) is 1.35. The molecule has 3 rings (SSSR count). The van der Waals surface area contributed by atoms with Crippen LogP contribution in [0.15, 0.2) is 57.2 Å². The predicted molar refractivity (Wildman–Crippen MR) is 121 cm³/mol. The summed E-state index contributed by atoms with van der Waals surface area (Å²) in [6.07, 6.45) is 2.01. The van der Waals surface area contributed by atoms with Crippen molar-refractivity contribution in [2.24, 2.45) is 4.99 Å². The molecule has 152 valence electrons. The molecule has 2 aromatic carbocycles. The summed E-state index contributed by atoms with van der Waals surface area (Å²) in [6, 6.07) is 13.4. The molecule has 5 nitrogen and oxygen atoms in total. The fourth-order valence-electron chi connectivity index (χ4n) is 2.71. The van der Waals surface area contributed by atoms with E-state index < -0.39 is 0 Å². The predicted octanol–water partition coefficient (Wildman–Crippen LogP) is 4.84.